The van der Waals surface area contributed by atoms with Crippen LogP contribution in [0.1, 0.15) is 55.2 Å². The molecular weight excluding hydrogens is 411 g/mol. The smallest absolute Gasteiger partial charge is 0.220 e. The molecule has 3 aromatic carbocycles. The number of nitrogens with zero attached hydrogens (tertiary/aromatic N) is 1. The second-order valence-corrected chi connectivity index (χ2v) is 8.58. The first kappa shape index (κ1) is 22.8. The molecule has 1 aromatic heterocycles. The van der Waals surface area contributed by atoms with E-state index in [0.29, 0.717) is 13.0 Å². The van der Waals surface area contributed by atoms with Crippen LogP contribution in [0.25, 0.3) is 10.9 Å². The summed E-state index contributed by atoms with van der Waals surface area (Å²) in [6.45, 7) is 3.59. The van der Waals surface area contributed by atoms with Crippen molar-refractivity contribution in [3.63, 3.8) is 0 Å². The predicted octanol–water partition coefficient (Wildman–Crippen LogP) is 6.66. The fourth-order valence-electron chi connectivity index (χ4n) is 4.43. The molecule has 0 saturated carbocycles. The lowest BCUT2D eigenvalue weighted by Gasteiger charge is -2.17. The highest BCUT2D eigenvalue weighted by atomic mass is 19.1. The van der Waals surface area contributed by atoms with Gasteiger partial charge in [-0.3, -0.25) is 4.79 Å². The van der Waals surface area contributed by atoms with Crippen LogP contribution in [0.2, 0.25) is 0 Å². The lowest BCUT2D eigenvalue weighted by Crippen LogP contribution is -2.26. The van der Waals surface area contributed by atoms with Gasteiger partial charge in [0.05, 0.1) is 0 Å². The number of nitrogens with one attached hydrogen (secondary N) is 1. The Labute approximate surface area is 195 Å². The highest BCUT2D eigenvalue weighted by Gasteiger charge is 2.23. The molecule has 0 saturated heterocycles. The van der Waals surface area contributed by atoms with Crippen molar-refractivity contribution in [2.24, 2.45) is 0 Å². The van der Waals surface area contributed by atoms with Crippen LogP contribution in [-0.2, 0) is 11.3 Å². The minimum atomic E-state index is -0.270. The van der Waals surface area contributed by atoms with Crippen molar-refractivity contribution in [3.05, 3.63) is 108 Å². The SMILES string of the molecule is CCCCCNC(=O)C[C@H](c1ccc(F)cc1)c1cn(Cc2ccccc2)c2ccccc12. The Bertz CT molecular complexity index is 1180. The van der Waals surface area contributed by atoms with E-state index in [9.17, 15) is 9.18 Å². The summed E-state index contributed by atoms with van der Waals surface area (Å²) in [6, 6.07) is 25.2. The number of hydrogen-bond acceptors (Lipinski definition) is 1. The van der Waals surface area contributed by atoms with Crippen LogP contribution in [0.5, 0.6) is 0 Å². The number of amides is 1. The first-order valence-corrected chi connectivity index (χ1v) is 11.8. The van der Waals surface area contributed by atoms with Crippen LogP contribution < -0.4 is 5.32 Å². The van der Waals surface area contributed by atoms with Crippen molar-refractivity contribution in [2.45, 2.75) is 45.1 Å². The standard InChI is InChI=1S/C29H31FN2O/c1-2-3-9-18-31-29(33)19-26(23-14-16-24(30)17-15-23)27-21-32(20-22-10-5-4-6-11-22)28-13-8-7-12-25(27)28/h4-8,10-17,21,26H,2-3,9,18-20H2,1H3,(H,31,33)/t26-/m1/s1. The number of hydrogen-bond donors (Lipinski definition) is 1. The molecule has 1 atom stereocenters. The molecular formula is C29H31FN2O. The molecule has 4 aromatic rings. The van der Waals surface area contributed by atoms with Crippen molar-refractivity contribution in [3.8, 4) is 0 Å². The van der Waals surface area contributed by atoms with Gasteiger partial charge in [-0.2, -0.15) is 0 Å². The van der Waals surface area contributed by atoms with E-state index in [2.05, 4.69) is 47.3 Å². The first-order valence-electron chi connectivity index (χ1n) is 11.8. The number of carbonyl (C=O) groups is 1. The van der Waals surface area contributed by atoms with E-state index < -0.39 is 0 Å². The summed E-state index contributed by atoms with van der Waals surface area (Å²) in [5.74, 6) is -0.396. The molecule has 0 radical (unpaired) electrons. The molecule has 33 heavy (non-hydrogen) atoms. The molecule has 170 valence electrons. The fourth-order valence-corrected chi connectivity index (χ4v) is 4.43. The van der Waals surface area contributed by atoms with Crippen LogP contribution in [0.4, 0.5) is 4.39 Å². The zero-order valence-corrected chi connectivity index (χ0v) is 19.1. The van der Waals surface area contributed by atoms with Crippen molar-refractivity contribution in [2.75, 3.05) is 6.54 Å². The largest absolute Gasteiger partial charge is 0.356 e. The van der Waals surface area contributed by atoms with Crippen molar-refractivity contribution in [1.29, 1.82) is 0 Å². The summed E-state index contributed by atoms with van der Waals surface area (Å²) in [4.78, 5) is 12.9. The zero-order chi connectivity index (χ0) is 23.0. The number of unbranched alkanes of at least 4 members (excludes halogenated alkanes) is 2. The predicted molar refractivity (Wildman–Crippen MR) is 133 cm³/mol. The number of rotatable bonds is 10. The van der Waals surface area contributed by atoms with Gasteiger partial charge in [0.2, 0.25) is 5.91 Å². The van der Waals surface area contributed by atoms with E-state index >= 15 is 0 Å². The van der Waals surface area contributed by atoms with Gasteiger partial charge < -0.3 is 9.88 Å². The van der Waals surface area contributed by atoms with Crippen molar-refractivity contribution >= 4 is 16.8 Å². The number of aromatic nitrogens is 1. The van der Waals surface area contributed by atoms with Crippen LogP contribution in [-0.4, -0.2) is 17.0 Å². The molecule has 0 aliphatic carbocycles. The molecule has 1 amide bonds. The Morgan fingerprint density at radius 3 is 2.42 bits per heavy atom. The normalized spacial score (nSPS) is 12.1. The molecule has 4 heteroatoms. The van der Waals surface area contributed by atoms with Crippen LogP contribution in [0.3, 0.4) is 0 Å². The third kappa shape index (κ3) is 5.70. The Kier molecular flexibility index (Phi) is 7.56. The first-order chi connectivity index (χ1) is 16.2. The molecule has 0 fully saturated rings. The maximum absolute atomic E-state index is 13.7. The van der Waals surface area contributed by atoms with E-state index in [1.54, 1.807) is 12.1 Å². The molecule has 0 aliphatic heterocycles. The minimum Gasteiger partial charge on any atom is -0.356 e. The minimum absolute atomic E-state index is 0.0281. The average Bonchev–Trinajstić information content (AvgIpc) is 3.20. The maximum Gasteiger partial charge on any atom is 0.220 e. The topological polar surface area (TPSA) is 34.0 Å². The molecule has 0 spiro atoms. The van der Waals surface area contributed by atoms with Gasteiger partial charge in [-0.05, 0) is 41.3 Å². The Morgan fingerprint density at radius 1 is 0.939 bits per heavy atom. The summed E-state index contributed by atoms with van der Waals surface area (Å²) in [5.41, 5.74) is 4.39. The third-order valence-electron chi connectivity index (χ3n) is 6.15. The van der Waals surface area contributed by atoms with Crippen LogP contribution in [0, 0.1) is 5.82 Å². The number of carbonyl (C=O) groups excluding carboxylic acids is 1. The Morgan fingerprint density at radius 2 is 1.67 bits per heavy atom. The van der Waals surface area contributed by atoms with E-state index in [4.69, 9.17) is 0 Å². The second-order valence-electron chi connectivity index (χ2n) is 8.58. The number of halogens is 1. The lowest BCUT2D eigenvalue weighted by atomic mass is 9.88. The molecule has 4 rings (SSSR count). The van der Waals surface area contributed by atoms with Crippen LogP contribution in [0.15, 0.2) is 85.1 Å². The Balaban J connectivity index is 1.69. The number of benzene rings is 3. The van der Waals surface area contributed by atoms with Gasteiger partial charge in [0.25, 0.3) is 0 Å². The summed E-state index contributed by atoms with van der Waals surface area (Å²) in [6.07, 6.45) is 5.70. The van der Waals surface area contributed by atoms with E-state index in [1.165, 1.54) is 17.7 Å². The van der Waals surface area contributed by atoms with Gasteiger partial charge in [0, 0.05) is 42.5 Å². The quantitative estimate of drug-likeness (QED) is 0.274. The summed E-state index contributed by atoms with van der Waals surface area (Å²) < 4.78 is 15.9. The van der Waals surface area contributed by atoms with E-state index in [1.807, 2.05) is 30.3 Å². The van der Waals surface area contributed by atoms with Gasteiger partial charge in [-0.15, -0.1) is 0 Å². The van der Waals surface area contributed by atoms with Gasteiger partial charge >= 0.3 is 0 Å². The zero-order valence-electron chi connectivity index (χ0n) is 19.1. The lowest BCUT2D eigenvalue weighted by molar-refractivity contribution is -0.121. The highest BCUT2D eigenvalue weighted by molar-refractivity contribution is 5.86. The average molecular weight is 443 g/mol. The number of para-hydroxylation sites is 1. The fraction of sp³-hybridized carbons (Fsp3) is 0.276. The van der Waals surface area contributed by atoms with Gasteiger partial charge in [0.15, 0.2) is 0 Å². The molecule has 1 N–H and O–H groups in total. The maximum atomic E-state index is 13.7. The molecule has 0 bridgehead atoms. The van der Waals surface area contributed by atoms with Crippen molar-refractivity contribution in [1.82, 2.24) is 9.88 Å². The highest BCUT2D eigenvalue weighted by Crippen LogP contribution is 2.35. The van der Waals surface area contributed by atoms with Crippen LogP contribution >= 0.6 is 0 Å². The third-order valence-corrected chi connectivity index (χ3v) is 6.15. The van der Waals surface area contributed by atoms with Crippen molar-refractivity contribution < 1.29 is 9.18 Å². The second kappa shape index (κ2) is 11.0. The Hall–Kier alpha value is -3.40. The molecule has 0 unspecified atom stereocenters. The van der Waals surface area contributed by atoms with E-state index in [0.717, 1.165) is 47.8 Å². The van der Waals surface area contributed by atoms with Gasteiger partial charge in [-0.1, -0.05) is 80.4 Å². The van der Waals surface area contributed by atoms with E-state index in [-0.39, 0.29) is 17.6 Å². The molecule has 0 aliphatic rings. The van der Waals surface area contributed by atoms with Gasteiger partial charge in [-0.25, -0.2) is 4.39 Å². The molecule has 3 nitrogen and oxygen atoms in total. The monoisotopic (exact) mass is 442 g/mol. The summed E-state index contributed by atoms with van der Waals surface area (Å²) >= 11 is 0. The van der Waals surface area contributed by atoms with Gasteiger partial charge in [0.1, 0.15) is 5.82 Å². The number of fused-ring (bicyclic) bond motifs is 1. The molecule has 1 heterocycles. The summed E-state index contributed by atoms with van der Waals surface area (Å²) in [5, 5.41) is 4.20. The summed E-state index contributed by atoms with van der Waals surface area (Å²) in [7, 11) is 0.